The number of rotatable bonds is 4. The van der Waals surface area contributed by atoms with Crippen LogP contribution >= 0.6 is 34.9 Å². The molecule has 5 heteroatoms. The van der Waals surface area contributed by atoms with E-state index in [-0.39, 0.29) is 0 Å². The normalized spacial score (nSPS) is 13.7. The standard InChI is InChI=1S/C17H16N2S3/c1-20-17-18-15(21-10-11-6-3-2-4-7-11)14-12-8-5-9-13(12)22-16(14)19-17/h2-4,6-7H,5,8-10H2,1H3. The molecule has 0 unspecified atom stereocenters. The van der Waals surface area contributed by atoms with Crippen LogP contribution in [0.15, 0.2) is 40.5 Å². The van der Waals surface area contributed by atoms with Crippen molar-refractivity contribution in [3.8, 4) is 0 Å². The van der Waals surface area contributed by atoms with Gasteiger partial charge in [-0.25, -0.2) is 9.97 Å². The molecular weight excluding hydrogens is 328 g/mol. The SMILES string of the molecule is CSc1nc(SCc2ccccc2)c2c3c(sc2n1)CCC3. The number of aromatic nitrogens is 2. The van der Waals surface area contributed by atoms with Gasteiger partial charge < -0.3 is 0 Å². The van der Waals surface area contributed by atoms with E-state index in [2.05, 4.69) is 30.3 Å². The molecule has 1 aliphatic carbocycles. The van der Waals surface area contributed by atoms with E-state index in [1.807, 2.05) is 29.4 Å². The first-order valence-electron chi connectivity index (χ1n) is 7.38. The molecule has 0 radical (unpaired) electrons. The minimum Gasteiger partial charge on any atom is -0.215 e. The predicted molar refractivity (Wildman–Crippen MR) is 97.2 cm³/mol. The number of aryl methyl sites for hydroxylation is 2. The van der Waals surface area contributed by atoms with Gasteiger partial charge in [-0.1, -0.05) is 42.1 Å². The molecule has 0 bridgehead atoms. The van der Waals surface area contributed by atoms with E-state index in [1.54, 1.807) is 11.8 Å². The van der Waals surface area contributed by atoms with Crippen LogP contribution in [0.5, 0.6) is 0 Å². The fraction of sp³-hybridized carbons (Fsp3) is 0.294. The second kappa shape index (κ2) is 6.22. The topological polar surface area (TPSA) is 25.8 Å². The molecule has 1 aromatic carbocycles. The van der Waals surface area contributed by atoms with Crippen molar-refractivity contribution in [2.75, 3.05) is 6.26 Å². The van der Waals surface area contributed by atoms with Crippen LogP contribution in [0.3, 0.4) is 0 Å². The summed E-state index contributed by atoms with van der Waals surface area (Å²) in [5.41, 5.74) is 2.86. The molecule has 3 aromatic rings. The fourth-order valence-electron chi connectivity index (χ4n) is 2.87. The summed E-state index contributed by atoms with van der Waals surface area (Å²) in [6, 6.07) is 10.6. The van der Waals surface area contributed by atoms with Gasteiger partial charge in [0, 0.05) is 16.0 Å². The van der Waals surface area contributed by atoms with E-state index in [4.69, 9.17) is 9.97 Å². The number of thiophene rings is 1. The summed E-state index contributed by atoms with van der Waals surface area (Å²) in [4.78, 5) is 12.2. The molecular formula is C17H16N2S3. The summed E-state index contributed by atoms with van der Waals surface area (Å²) in [5.74, 6) is 0.964. The minimum atomic E-state index is 0.892. The maximum Gasteiger partial charge on any atom is 0.189 e. The van der Waals surface area contributed by atoms with Gasteiger partial charge in [0.05, 0.1) is 0 Å². The molecule has 0 aliphatic heterocycles. The molecule has 0 amide bonds. The van der Waals surface area contributed by atoms with E-state index in [0.29, 0.717) is 0 Å². The minimum absolute atomic E-state index is 0.892. The average Bonchev–Trinajstić information content (AvgIpc) is 3.13. The number of thioether (sulfide) groups is 2. The molecule has 22 heavy (non-hydrogen) atoms. The van der Waals surface area contributed by atoms with Gasteiger partial charge in [0.2, 0.25) is 0 Å². The lowest BCUT2D eigenvalue weighted by atomic mass is 10.2. The van der Waals surface area contributed by atoms with Crippen molar-refractivity contribution in [2.45, 2.75) is 35.2 Å². The van der Waals surface area contributed by atoms with Crippen molar-refractivity contribution >= 4 is 45.1 Å². The smallest absolute Gasteiger partial charge is 0.189 e. The van der Waals surface area contributed by atoms with Crippen molar-refractivity contribution in [1.29, 1.82) is 0 Å². The number of fused-ring (bicyclic) bond motifs is 3. The van der Waals surface area contributed by atoms with Crippen LogP contribution in [-0.2, 0) is 18.6 Å². The molecule has 0 N–H and O–H groups in total. The maximum atomic E-state index is 4.81. The second-order valence-electron chi connectivity index (χ2n) is 5.33. The van der Waals surface area contributed by atoms with Gasteiger partial charge in [-0.05, 0) is 36.6 Å². The second-order valence-corrected chi connectivity index (χ2v) is 8.15. The first-order chi connectivity index (χ1) is 10.8. The van der Waals surface area contributed by atoms with E-state index < -0.39 is 0 Å². The van der Waals surface area contributed by atoms with Crippen LogP contribution in [0.4, 0.5) is 0 Å². The highest BCUT2D eigenvalue weighted by atomic mass is 32.2. The van der Waals surface area contributed by atoms with Gasteiger partial charge in [-0.2, -0.15) is 0 Å². The van der Waals surface area contributed by atoms with Gasteiger partial charge in [0.25, 0.3) is 0 Å². The van der Waals surface area contributed by atoms with Crippen LogP contribution in [0.25, 0.3) is 10.2 Å². The molecule has 1 aliphatic rings. The highest BCUT2D eigenvalue weighted by molar-refractivity contribution is 7.99. The predicted octanol–water partition coefficient (Wildman–Crippen LogP) is 5.19. The number of benzene rings is 1. The zero-order valence-electron chi connectivity index (χ0n) is 12.3. The highest BCUT2D eigenvalue weighted by Crippen LogP contribution is 2.41. The zero-order valence-corrected chi connectivity index (χ0v) is 14.8. The first kappa shape index (κ1) is 14.5. The van der Waals surface area contributed by atoms with Crippen molar-refractivity contribution in [3.63, 3.8) is 0 Å². The van der Waals surface area contributed by atoms with E-state index >= 15 is 0 Å². The van der Waals surface area contributed by atoms with Crippen LogP contribution in [-0.4, -0.2) is 16.2 Å². The third-order valence-electron chi connectivity index (χ3n) is 3.91. The van der Waals surface area contributed by atoms with Gasteiger partial charge in [0.1, 0.15) is 9.86 Å². The van der Waals surface area contributed by atoms with Gasteiger partial charge in [-0.15, -0.1) is 23.1 Å². The molecule has 112 valence electrons. The third kappa shape index (κ3) is 2.66. The van der Waals surface area contributed by atoms with Gasteiger partial charge in [-0.3, -0.25) is 0 Å². The average molecular weight is 345 g/mol. The molecule has 0 saturated heterocycles. The molecule has 0 saturated carbocycles. The van der Waals surface area contributed by atoms with Crippen molar-refractivity contribution in [2.24, 2.45) is 0 Å². The Balaban J connectivity index is 1.74. The van der Waals surface area contributed by atoms with Crippen LogP contribution in [0.2, 0.25) is 0 Å². The highest BCUT2D eigenvalue weighted by Gasteiger charge is 2.22. The Labute approximate surface area is 142 Å². The molecule has 0 spiro atoms. The lowest BCUT2D eigenvalue weighted by Gasteiger charge is -2.06. The summed E-state index contributed by atoms with van der Waals surface area (Å²) in [6.45, 7) is 0. The summed E-state index contributed by atoms with van der Waals surface area (Å²) >= 11 is 5.35. The Kier molecular flexibility index (Phi) is 4.11. The summed E-state index contributed by atoms with van der Waals surface area (Å²) in [6.07, 6.45) is 5.74. The van der Waals surface area contributed by atoms with E-state index in [0.717, 1.165) is 15.9 Å². The lowest BCUT2D eigenvalue weighted by Crippen LogP contribution is -1.92. The Bertz CT molecular complexity index is 812. The Morgan fingerprint density at radius 2 is 2.00 bits per heavy atom. The quantitative estimate of drug-likeness (QED) is 0.369. The largest absolute Gasteiger partial charge is 0.215 e. The monoisotopic (exact) mass is 344 g/mol. The molecule has 2 heterocycles. The zero-order chi connectivity index (χ0) is 14.9. The number of nitrogens with zero attached hydrogens (tertiary/aromatic N) is 2. The van der Waals surface area contributed by atoms with Crippen molar-refractivity contribution < 1.29 is 0 Å². The maximum absolute atomic E-state index is 4.81. The van der Waals surface area contributed by atoms with Gasteiger partial charge >= 0.3 is 0 Å². The molecule has 0 fully saturated rings. The van der Waals surface area contributed by atoms with Gasteiger partial charge in [0.15, 0.2) is 5.16 Å². The Hall–Kier alpha value is -1.04. The molecule has 4 rings (SSSR count). The van der Waals surface area contributed by atoms with Crippen molar-refractivity contribution in [3.05, 3.63) is 46.3 Å². The van der Waals surface area contributed by atoms with Crippen LogP contribution in [0, 0.1) is 0 Å². The lowest BCUT2D eigenvalue weighted by molar-refractivity contribution is 0.906. The van der Waals surface area contributed by atoms with E-state index in [9.17, 15) is 0 Å². The molecule has 2 aromatic heterocycles. The van der Waals surface area contributed by atoms with E-state index in [1.165, 1.54) is 45.5 Å². The molecule has 0 atom stereocenters. The van der Waals surface area contributed by atoms with Crippen LogP contribution in [0.1, 0.15) is 22.4 Å². The summed E-state index contributed by atoms with van der Waals surface area (Å²) in [5, 5.41) is 3.39. The Morgan fingerprint density at radius 3 is 2.82 bits per heavy atom. The molecule has 2 nitrogen and oxygen atoms in total. The first-order valence-corrected chi connectivity index (χ1v) is 10.4. The van der Waals surface area contributed by atoms with Crippen LogP contribution < -0.4 is 0 Å². The number of hydrogen-bond acceptors (Lipinski definition) is 5. The Morgan fingerprint density at radius 1 is 1.14 bits per heavy atom. The fourth-order valence-corrected chi connectivity index (χ4v) is 5.68. The number of hydrogen-bond donors (Lipinski definition) is 0. The third-order valence-corrected chi connectivity index (χ3v) is 6.69. The van der Waals surface area contributed by atoms with Crippen molar-refractivity contribution in [1.82, 2.24) is 9.97 Å². The summed E-state index contributed by atoms with van der Waals surface area (Å²) < 4.78 is 0. The summed E-state index contributed by atoms with van der Waals surface area (Å²) in [7, 11) is 0.